The van der Waals surface area contributed by atoms with Crippen LogP contribution < -0.4 is 5.73 Å². The predicted molar refractivity (Wildman–Crippen MR) is 46.5 cm³/mol. The fraction of sp³-hybridized carbons (Fsp3) is 0.625. The summed E-state index contributed by atoms with van der Waals surface area (Å²) in [6.45, 7) is 2.13. The second-order valence-corrected chi connectivity index (χ2v) is 2.99. The zero-order valence-corrected chi connectivity index (χ0v) is 7.49. The molecule has 4 nitrogen and oxygen atoms in total. The first kappa shape index (κ1) is 9.22. The molecule has 1 unspecified atom stereocenters. The summed E-state index contributed by atoms with van der Waals surface area (Å²) in [6, 6.07) is 0. The van der Waals surface area contributed by atoms with E-state index < -0.39 is 5.60 Å². The third-order valence-corrected chi connectivity index (χ3v) is 2.16. The number of hydrogen-bond acceptors (Lipinski definition) is 3. The lowest BCUT2D eigenvalue weighted by Crippen LogP contribution is -2.33. The summed E-state index contributed by atoms with van der Waals surface area (Å²) < 4.78 is 1.66. The Hall–Kier alpha value is -0.870. The smallest absolute Gasteiger partial charge is 0.105 e. The van der Waals surface area contributed by atoms with E-state index in [0.29, 0.717) is 6.42 Å². The van der Waals surface area contributed by atoms with E-state index in [2.05, 4.69) is 5.10 Å². The van der Waals surface area contributed by atoms with Gasteiger partial charge in [-0.1, -0.05) is 6.92 Å². The van der Waals surface area contributed by atoms with Crippen LogP contribution in [0.1, 0.15) is 18.9 Å². The van der Waals surface area contributed by atoms with Crippen molar-refractivity contribution in [2.75, 3.05) is 6.54 Å². The molecule has 1 atom stereocenters. The second kappa shape index (κ2) is 3.25. The zero-order chi connectivity index (χ0) is 9.19. The van der Waals surface area contributed by atoms with E-state index in [-0.39, 0.29) is 6.54 Å². The highest BCUT2D eigenvalue weighted by atomic mass is 16.3. The number of nitrogens with zero attached hydrogens (tertiary/aromatic N) is 2. The fourth-order valence-electron chi connectivity index (χ4n) is 1.13. The normalized spacial score (nSPS) is 16.0. The SMILES string of the molecule is CCC(O)(CN)c1cnn(C)c1. The van der Waals surface area contributed by atoms with E-state index in [0.717, 1.165) is 5.56 Å². The highest BCUT2D eigenvalue weighted by molar-refractivity contribution is 5.15. The lowest BCUT2D eigenvalue weighted by atomic mass is 9.94. The summed E-state index contributed by atoms with van der Waals surface area (Å²) in [6.07, 6.45) is 4.04. The highest BCUT2D eigenvalue weighted by Crippen LogP contribution is 2.22. The Morgan fingerprint density at radius 2 is 2.42 bits per heavy atom. The Morgan fingerprint density at radius 1 is 1.75 bits per heavy atom. The monoisotopic (exact) mass is 169 g/mol. The van der Waals surface area contributed by atoms with E-state index in [4.69, 9.17) is 5.73 Å². The minimum absolute atomic E-state index is 0.231. The zero-order valence-electron chi connectivity index (χ0n) is 7.49. The number of hydrogen-bond donors (Lipinski definition) is 2. The van der Waals surface area contributed by atoms with Crippen LogP contribution in [0, 0.1) is 0 Å². The van der Waals surface area contributed by atoms with Crippen LogP contribution in [0.2, 0.25) is 0 Å². The molecule has 4 heteroatoms. The molecule has 1 aromatic rings. The van der Waals surface area contributed by atoms with Crippen LogP contribution in [0.4, 0.5) is 0 Å². The molecule has 68 valence electrons. The molecule has 1 heterocycles. The first-order chi connectivity index (χ1) is 5.62. The number of aromatic nitrogens is 2. The van der Waals surface area contributed by atoms with E-state index in [1.54, 1.807) is 17.1 Å². The lowest BCUT2D eigenvalue weighted by molar-refractivity contribution is 0.0418. The molecule has 0 fully saturated rings. The molecule has 12 heavy (non-hydrogen) atoms. The van der Waals surface area contributed by atoms with Crippen molar-refractivity contribution in [3.63, 3.8) is 0 Å². The van der Waals surface area contributed by atoms with Gasteiger partial charge in [0.1, 0.15) is 5.60 Å². The van der Waals surface area contributed by atoms with Crippen molar-refractivity contribution in [3.05, 3.63) is 18.0 Å². The molecule has 0 aliphatic rings. The van der Waals surface area contributed by atoms with Gasteiger partial charge in [-0.15, -0.1) is 0 Å². The van der Waals surface area contributed by atoms with Crippen molar-refractivity contribution in [1.82, 2.24) is 9.78 Å². The maximum absolute atomic E-state index is 9.94. The van der Waals surface area contributed by atoms with Crippen molar-refractivity contribution < 1.29 is 5.11 Å². The average molecular weight is 169 g/mol. The Morgan fingerprint density at radius 3 is 2.75 bits per heavy atom. The van der Waals surface area contributed by atoms with Gasteiger partial charge in [-0.25, -0.2) is 0 Å². The Labute approximate surface area is 72.0 Å². The maximum Gasteiger partial charge on any atom is 0.105 e. The van der Waals surface area contributed by atoms with Gasteiger partial charge in [-0.05, 0) is 6.42 Å². The molecular formula is C8H15N3O. The van der Waals surface area contributed by atoms with Crippen LogP contribution in [0.15, 0.2) is 12.4 Å². The van der Waals surface area contributed by atoms with Gasteiger partial charge in [-0.3, -0.25) is 4.68 Å². The van der Waals surface area contributed by atoms with Crippen LogP contribution in [0.25, 0.3) is 0 Å². The first-order valence-electron chi connectivity index (χ1n) is 4.04. The third kappa shape index (κ3) is 1.49. The molecule has 0 aliphatic heterocycles. The molecule has 0 bridgehead atoms. The number of aliphatic hydroxyl groups is 1. The number of aryl methyl sites for hydroxylation is 1. The molecule has 0 aliphatic carbocycles. The average Bonchev–Trinajstić information content (AvgIpc) is 2.51. The minimum Gasteiger partial charge on any atom is -0.384 e. The van der Waals surface area contributed by atoms with Gasteiger partial charge in [-0.2, -0.15) is 5.10 Å². The van der Waals surface area contributed by atoms with E-state index in [1.807, 2.05) is 14.0 Å². The van der Waals surface area contributed by atoms with Crippen molar-refractivity contribution in [3.8, 4) is 0 Å². The molecule has 3 N–H and O–H groups in total. The molecule has 0 aromatic carbocycles. The molecule has 0 saturated carbocycles. The van der Waals surface area contributed by atoms with Gasteiger partial charge >= 0.3 is 0 Å². The number of nitrogens with two attached hydrogens (primary N) is 1. The standard InChI is InChI=1S/C8H15N3O/c1-3-8(12,6-9)7-4-10-11(2)5-7/h4-5,12H,3,6,9H2,1-2H3. The van der Waals surface area contributed by atoms with Crippen molar-refractivity contribution in [2.24, 2.45) is 12.8 Å². The highest BCUT2D eigenvalue weighted by Gasteiger charge is 2.26. The van der Waals surface area contributed by atoms with Gasteiger partial charge in [0.15, 0.2) is 0 Å². The minimum atomic E-state index is -0.908. The van der Waals surface area contributed by atoms with Crippen LogP contribution in [-0.2, 0) is 12.6 Å². The van der Waals surface area contributed by atoms with E-state index in [9.17, 15) is 5.11 Å². The fourth-order valence-corrected chi connectivity index (χ4v) is 1.13. The van der Waals surface area contributed by atoms with Gasteiger partial charge < -0.3 is 10.8 Å². The molecule has 0 spiro atoms. The van der Waals surface area contributed by atoms with E-state index >= 15 is 0 Å². The second-order valence-electron chi connectivity index (χ2n) is 2.99. The Bertz CT molecular complexity index is 253. The molecule has 0 radical (unpaired) electrons. The molecule has 0 saturated heterocycles. The number of rotatable bonds is 3. The Kier molecular flexibility index (Phi) is 2.49. The summed E-state index contributed by atoms with van der Waals surface area (Å²) >= 11 is 0. The summed E-state index contributed by atoms with van der Waals surface area (Å²) in [7, 11) is 1.82. The van der Waals surface area contributed by atoms with E-state index in [1.165, 1.54) is 0 Å². The third-order valence-electron chi connectivity index (χ3n) is 2.16. The van der Waals surface area contributed by atoms with Crippen molar-refractivity contribution in [1.29, 1.82) is 0 Å². The maximum atomic E-state index is 9.94. The molecule has 1 aromatic heterocycles. The summed E-state index contributed by atoms with van der Waals surface area (Å²) in [5, 5.41) is 13.9. The molecular weight excluding hydrogens is 154 g/mol. The summed E-state index contributed by atoms with van der Waals surface area (Å²) in [5.41, 5.74) is 5.35. The largest absolute Gasteiger partial charge is 0.384 e. The first-order valence-corrected chi connectivity index (χ1v) is 4.04. The van der Waals surface area contributed by atoms with Gasteiger partial charge in [0.2, 0.25) is 0 Å². The summed E-state index contributed by atoms with van der Waals surface area (Å²) in [4.78, 5) is 0. The van der Waals surface area contributed by atoms with Crippen molar-refractivity contribution in [2.45, 2.75) is 18.9 Å². The van der Waals surface area contributed by atoms with Crippen LogP contribution >= 0.6 is 0 Å². The molecule has 0 amide bonds. The lowest BCUT2D eigenvalue weighted by Gasteiger charge is -2.22. The summed E-state index contributed by atoms with van der Waals surface area (Å²) in [5.74, 6) is 0. The van der Waals surface area contributed by atoms with Crippen LogP contribution in [0.5, 0.6) is 0 Å². The van der Waals surface area contributed by atoms with Crippen molar-refractivity contribution >= 4 is 0 Å². The Balaban J connectivity index is 2.94. The van der Waals surface area contributed by atoms with Gasteiger partial charge in [0.05, 0.1) is 6.20 Å². The topological polar surface area (TPSA) is 64.1 Å². The predicted octanol–water partition coefficient (Wildman–Crippen LogP) is -0.0236. The quantitative estimate of drug-likeness (QED) is 0.668. The van der Waals surface area contributed by atoms with Crippen LogP contribution in [0.3, 0.4) is 0 Å². The molecule has 1 rings (SSSR count). The van der Waals surface area contributed by atoms with Crippen LogP contribution in [-0.4, -0.2) is 21.4 Å². The van der Waals surface area contributed by atoms with Gasteiger partial charge in [0.25, 0.3) is 0 Å². The van der Waals surface area contributed by atoms with Gasteiger partial charge in [0, 0.05) is 25.4 Å².